The lowest BCUT2D eigenvalue weighted by Gasteiger charge is -2.40. The molecule has 0 atom stereocenters. The van der Waals surface area contributed by atoms with Gasteiger partial charge in [0.15, 0.2) is 9.84 Å². The van der Waals surface area contributed by atoms with Gasteiger partial charge in [-0.05, 0) is 62.4 Å². The maximum Gasteiger partial charge on any atom is 0.435 e. The molecule has 41 heavy (non-hydrogen) atoms. The lowest BCUT2D eigenvalue weighted by Crippen LogP contribution is -2.50. The molecule has 224 valence electrons. The molecular weight excluding hydrogens is 586 g/mol. The lowest BCUT2D eigenvalue weighted by atomic mass is 9.80. The normalized spacial score (nSPS) is 20.8. The Hall–Kier alpha value is -3.07. The molecule has 1 saturated carbocycles. The lowest BCUT2D eigenvalue weighted by molar-refractivity contribution is -0.348. The number of halogens is 8. The van der Waals surface area contributed by atoms with Crippen LogP contribution in [0.5, 0.6) is 0 Å². The average Bonchev–Trinajstić information content (AvgIpc) is 3.39. The summed E-state index contributed by atoms with van der Waals surface area (Å²) in [6, 6.07) is 5.76. The number of nitrogens with zero attached hydrogens (tertiary/aromatic N) is 3. The third kappa shape index (κ3) is 5.45. The van der Waals surface area contributed by atoms with E-state index in [0.29, 0.717) is 24.4 Å². The summed E-state index contributed by atoms with van der Waals surface area (Å²) >= 11 is 0. The molecule has 0 radical (unpaired) electrons. The molecule has 0 saturated heterocycles. The van der Waals surface area contributed by atoms with Crippen LogP contribution < -0.4 is 0 Å². The van der Waals surface area contributed by atoms with Crippen molar-refractivity contribution in [2.45, 2.75) is 72.9 Å². The average molecular weight is 612 g/mol. The standard InChI is InChI=1S/C26H25F8N3O3S/c1-2-40-16-20-15-37(36-35-20)21-11-13-23(14-12-21,41(38,39)22-9-7-19(27)8-10-22)17-3-5-18(6-4-17)24(28,25(29,30)31)26(32,33)34/h3-10,15,21H,2,11-14,16H2,1H3. The quantitative estimate of drug-likeness (QED) is 0.209. The largest absolute Gasteiger partial charge is 0.435 e. The molecule has 0 amide bonds. The number of hydrogen-bond acceptors (Lipinski definition) is 5. The summed E-state index contributed by atoms with van der Waals surface area (Å²) in [5.41, 5.74) is -6.96. The van der Waals surface area contributed by atoms with E-state index in [4.69, 9.17) is 4.74 Å². The van der Waals surface area contributed by atoms with E-state index in [1.54, 1.807) is 17.8 Å². The van der Waals surface area contributed by atoms with E-state index in [2.05, 4.69) is 10.3 Å². The molecule has 1 fully saturated rings. The number of benzene rings is 2. The maximum absolute atomic E-state index is 14.6. The van der Waals surface area contributed by atoms with Crippen LogP contribution in [0.3, 0.4) is 0 Å². The van der Waals surface area contributed by atoms with Gasteiger partial charge in [0.1, 0.15) is 16.3 Å². The third-order valence-electron chi connectivity index (χ3n) is 7.38. The van der Waals surface area contributed by atoms with Crippen LogP contribution in [0.2, 0.25) is 0 Å². The fourth-order valence-corrected chi connectivity index (χ4v) is 7.31. The topological polar surface area (TPSA) is 74.1 Å². The molecule has 15 heteroatoms. The van der Waals surface area contributed by atoms with Crippen molar-refractivity contribution < 1.29 is 48.3 Å². The first-order chi connectivity index (χ1) is 19.1. The van der Waals surface area contributed by atoms with Crippen LogP contribution in [0.4, 0.5) is 35.1 Å². The number of rotatable bonds is 8. The molecule has 1 heterocycles. The number of sulfone groups is 1. The molecule has 0 unspecified atom stereocenters. The van der Waals surface area contributed by atoms with Gasteiger partial charge in [-0.15, -0.1) is 5.10 Å². The monoisotopic (exact) mass is 611 g/mol. The van der Waals surface area contributed by atoms with Crippen LogP contribution in [0, 0.1) is 5.82 Å². The molecule has 0 aliphatic heterocycles. The zero-order chi connectivity index (χ0) is 30.3. The fraction of sp³-hybridized carbons (Fsp3) is 0.462. The fourth-order valence-electron chi connectivity index (χ4n) is 5.14. The summed E-state index contributed by atoms with van der Waals surface area (Å²) in [5, 5.41) is 8.08. The first-order valence-electron chi connectivity index (χ1n) is 12.5. The highest BCUT2D eigenvalue weighted by Gasteiger charge is 2.73. The Morgan fingerprint density at radius 3 is 2.00 bits per heavy atom. The zero-order valence-electron chi connectivity index (χ0n) is 21.5. The highest BCUT2D eigenvalue weighted by atomic mass is 32.2. The van der Waals surface area contributed by atoms with E-state index >= 15 is 0 Å². The SMILES string of the molecule is CCOCc1cn(C2CCC(c3ccc(C(F)(C(F)(F)F)C(F)(F)F)cc3)(S(=O)(=O)c3ccc(F)cc3)CC2)nn1. The summed E-state index contributed by atoms with van der Waals surface area (Å²) in [7, 11) is -4.38. The molecule has 0 bridgehead atoms. The predicted molar refractivity (Wildman–Crippen MR) is 129 cm³/mol. The first-order valence-corrected chi connectivity index (χ1v) is 14.0. The van der Waals surface area contributed by atoms with Gasteiger partial charge in [-0.2, -0.15) is 26.3 Å². The maximum atomic E-state index is 14.6. The molecule has 0 N–H and O–H groups in total. The molecule has 1 aliphatic carbocycles. The predicted octanol–water partition coefficient (Wildman–Crippen LogP) is 6.73. The molecule has 1 aliphatic rings. The number of alkyl halides is 7. The van der Waals surface area contributed by atoms with Crippen molar-refractivity contribution in [1.29, 1.82) is 0 Å². The van der Waals surface area contributed by atoms with Crippen LogP contribution >= 0.6 is 0 Å². The Labute approximate surface area is 230 Å². The van der Waals surface area contributed by atoms with Gasteiger partial charge in [-0.25, -0.2) is 21.9 Å². The van der Waals surface area contributed by atoms with Crippen molar-refractivity contribution in [3.05, 3.63) is 77.4 Å². The Balaban J connectivity index is 1.74. The van der Waals surface area contributed by atoms with Crippen LogP contribution in [0.25, 0.3) is 0 Å². The van der Waals surface area contributed by atoms with Gasteiger partial charge < -0.3 is 4.74 Å². The van der Waals surface area contributed by atoms with E-state index < -0.39 is 44.0 Å². The van der Waals surface area contributed by atoms with Gasteiger partial charge in [0, 0.05) is 12.2 Å². The molecule has 6 nitrogen and oxygen atoms in total. The van der Waals surface area contributed by atoms with Gasteiger partial charge in [-0.3, -0.25) is 0 Å². The Kier molecular flexibility index (Phi) is 8.26. The molecule has 2 aromatic carbocycles. The van der Waals surface area contributed by atoms with E-state index in [0.717, 1.165) is 36.4 Å². The molecule has 4 rings (SSSR count). The second-order valence-electron chi connectivity index (χ2n) is 9.74. The summed E-state index contributed by atoms with van der Waals surface area (Å²) < 4.78 is 141. The first kappa shape index (κ1) is 30.9. The molecule has 0 spiro atoms. The van der Waals surface area contributed by atoms with Crippen molar-refractivity contribution in [3.63, 3.8) is 0 Å². The molecule has 1 aromatic heterocycles. The Morgan fingerprint density at radius 1 is 0.927 bits per heavy atom. The second kappa shape index (κ2) is 11.0. The van der Waals surface area contributed by atoms with Crippen molar-refractivity contribution >= 4 is 9.84 Å². The highest BCUT2D eigenvalue weighted by molar-refractivity contribution is 7.92. The van der Waals surface area contributed by atoms with Crippen molar-refractivity contribution in [2.24, 2.45) is 0 Å². The van der Waals surface area contributed by atoms with Crippen LogP contribution in [-0.4, -0.2) is 42.4 Å². The van der Waals surface area contributed by atoms with Crippen molar-refractivity contribution in [3.8, 4) is 0 Å². The summed E-state index contributed by atoms with van der Waals surface area (Å²) in [6.45, 7) is 2.47. The van der Waals surface area contributed by atoms with Gasteiger partial charge in [0.2, 0.25) is 0 Å². The number of hydrogen-bond donors (Lipinski definition) is 0. The Bertz CT molecular complexity index is 1430. The summed E-state index contributed by atoms with van der Waals surface area (Å²) in [4.78, 5) is -0.286. The molecular formula is C26H25F8N3O3S. The zero-order valence-corrected chi connectivity index (χ0v) is 22.3. The minimum atomic E-state index is -6.32. The van der Waals surface area contributed by atoms with Crippen LogP contribution in [0.15, 0.2) is 59.6 Å². The molecule has 3 aromatic rings. The summed E-state index contributed by atoms with van der Waals surface area (Å²) in [6.07, 6.45) is -10.8. The van der Waals surface area contributed by atoms with E-state index in [1.165, 1.54) is 0 Å². The minimum absolute atomic E-state index is 0.114. The number of aromatic nitrogens is 3. The second-order valence-corrected chi connectivity index (χ2v) is 12.0. The van der Waals surface area contributed by atoms with Gasteiger partial charge in [-0.1, -0.05) is 29.5 Å². The Morgan fingerprint density at radius 2 is 1.49 bits per heavy atom. The van der Waals surface area contributed by atoms with E-state index in [1.807, 2.05) is 0 Å². The highest BCUT2D eigenvalue weighted by Crippen LogP contribution is 2.54. The van der Waals surface area contributed by atoms with Crippen molar-refractivity contribution in [1.82, 2.24) is 15.0 Å². The summed E-state index contributed by atoms with van der Waals surface area (Å²) in [5.74, 6) is -0.710. The minimum Gasteiger partial charge on any atom is -0.375 e. The van der Waals surface area contributed by atoms with Crippen LogP contribution in [-0.2, 0) is 31.6 Å². The van der Waals surface area contributed by atoms with Gasteiger partial charge >= 0.3 is 18.0 Å². The third-order valence-corrected chi connectivity index (χ3v) is 9.94. The van der Waals surface area contributed by atoms with Gasteiger partial charge in [0.05, 0.1) is 23.7 Å². The smallest absolute Gasteiger partial charge is 0.375 e. The van der Waals surface area contributed by atoms with Crippen molar-refractivity contribution in [2.75, 3.05) is 6.61 Å². The number of ether oxygens (including phenoxy) is 1. The van der Waals surface area contributed by atoms with E-state index in [9.17, 15) is 43.5 Å². The van der Waals surface area contributed by atoms with E-state index in [-0.39, 0.29) is 48.8 Å². The van der Waals surface area contributed by atoms with Crippen LogP contribution in [0.1, 0.15) is 55.5 Å². The van der Waals surface area contributed by atoms with Gasteiger partial charge in [0.25, 0.3) is 0 Å².